The first-order chi connectivity index (χ1) is 13.4. The Kier molecular flexibility index (Phi) is 6.18. The van der Waals surface area contributed by atoms with Gasteiger partial charge >= 0.3 is 0 Å². The number of hydrogen-bond acceptors (Lipinski definition) is 4. The van der Waals surface area contributed by atoms with Gasteiger partial charge < -0.3 is 10.1 Å². The highest BCUT2D eigenvalue weighted by molar-refractivity contribution is 9.10. The van der Waals surface area contributed by atoms with Gasteiger partial charge in [0.1, 0.15) is 5.75 Å². The van der Waals surface area contributed by atoms with E-state index in [1.807, 2.05) is 55.9 Å². The second-order valence-electron chi connectivity index (χ2n) is 6.68. The molecular weight excluding hydrogens is 422 g/mol. The molecule has 2 aromatic heterocycles. The second kappa shape index (κ2) is 8.60. The maximum atomic E-state index is 12.4. The molecule has 1 aromatic carbocycles. The first kappa shape index (κ1) is 20.1. The normalized spacial score (nSPS) is 10.9. The number of ether oxygens (including phenoxy) is 1. The van der Waals surface area contributed by atoms with Crippen LogP contribution in [0.5, 0.6) is 5.75 Å². The molecule has 28 heavy (non-hydrogen) atoms. The Morgan fingerprint density at radius 2 is 2.00 bits per heavy atom. The van der Waals surface area contributed by atoms with Gasteiger partial charge in [-0.15, -0.1) is 0 Å². The number of hydrogen-bond donors (Lipinski definition) is 1. The summed E-state index contributed by atoms with van der Waals surface area (Å²) in [6.07, 6.45) is 2.22. The van der Waals surface area contributed by atoms with E-state index >= 15 is 0 Å². The van der Waals surface area contributed by atoms with E-state index in [1.165, 1.54) is 0 Å². The quantitative estimate of drug-likeness (QED) is 0.599. The summed E-state index contributed by atoms with van der Waals surface area (Å²) < 4.78 is 9.89. The predicted octanol–water partition coefficient (Wildman–Crippen LogP) is 3.85. The number of halogens is 1. The number of carbonyl (C=O) groups excluding carboxylic acids is 1. The van der Waals surface area contributed by atoms with E-state index in [4.69, 9.17) is 4.74 Å². The van der Waals surface area contributed by atoms with Crippen molar-refractivity contribution in [2.45, 2.75) is 40.3 Å². The molecular formula is C20H24BrN5O2. The van der Waals surface area contributed by atoms with Gasteiger partial charge in [-0.3, -0.25) is 14.2 Å². The van der Waals surface area contributed by atoms with E-state index in [-0.39, 0.29) is 5.91 Å². The first-order valence-electron chi connectivity index (χ1n) is 9.03. The maximum absolute atomic E-state index is 12.4. The van der Waals surface area contributed by atoms with Crippen LogP contribution < -0.4 is 10.1 Å². The molecule has 2 heterocycles. The third-order valence-electron chi connectivity index (χ3n) is 4.57. The molecule has 0 bridgehead atoms. The lowest BCUT2D eigenvalue weighted by molar-refractivity contribution is -0.116. The maximum Gasteiger partial charge on any atom is 0.226 e. The van der Waals surface area contributed by atoms with Crippen molar-refractivity contribution in [3.05, 3.63) is 57.6 Å². The van der Waals surface area contributed by atoms with Crippen molar-refractivity contribution in [3.8, 4) is 5.75 Å². The number of aromatic nitrogens is 4. The molecule has 0 unspecified atom stereocenters. The summed E-state index contributed by atoms with van der Waals surface area (Å²) in [4.78, 5) is 12.4. The first-order valence-corrected chi connectivity index (χ1v) is 9.83. The molecule has 0 spiro atoms. The van der Waals surface area contributed by atoms with Gasteiger partial charge in [0, 0.05) is 19.2 Å². The predicted molar refractivity (Wildman–Crippen MR) is 112 cm³/mol. The average Bonchev–Trinajstić information content (AvgIpc) is 3.13. The lowest BCUT2D eigenvalue weighted by atomic mass is 10.2. The molecule has 0 saturated carbocycles. The molecule has 0 saturated heterocycles. The molecule has 0 aliphatic rings. The minimum absolute atomic E-state index is 0.0589. The Balaban J connectivity index is 1.66. The van der Waals surface area contributed by atoms with E-state index in [9.17, 15) is 4.79 Å². The van der Waals surface area contributed by atoms with Crippen LogP contribution in [0, 0.1) is 20.8 Å². The minimum Gasteiger partial charge on any atom is -0.497 e. The van der Waals surface area contributed by atoms with Crippen LogP contribution in [0.15, 0.2) is 34.9 Å². The van der Waals surface area contributed by atoms with Gasteiger partial charge in [-0.1, -0.05) is 12.1 Å². The minimum atomic E-state index is -0.0589. The van der Waals surface area contributed by atoms with Crippen LogP contribution in [0.4, 0.5) is 5.69 Å². The van der Waals surface area contributed by atoms with Gasteiger partial charge in [-0.05, 0) is 54.4 Å². The molecule has 0 aliphatic carbocycles. The van der Waals surface area contributed by atoms with Crippen LogP contribution in [-0.2, 0) is 17.9 Å². The number of anilines is 1. The molecule has 0 fully saturated rings. The van der Waals surface area contributed by atoms with Crippen molar-refractivity contribution in [1.82, 2.24) is 19.6 Å². The van der Waals surface area contributed by atoms with Gasteiger partial charge in [0.15, 0.2) is 0 Å². The Hall–Kier alpha value is -2.61. The topological polar surface area (TPSA) is 74.0 Å². The second-order valence-corrected chi connectivity index (χ2v) is 7.53. The van der Waals surface area contributed by atoms with Crippen molar-refractivity contribution < 1.29 is 9.53 Å². The summed E-state index contributed by atoms with van der Waals surface area (Å²) in [5, 5.41) is 11.9. The monoisotopic (exact) mass is 445 g/mol. The molecule has 3 rings (SSSR count). The fourth-order valence-corrected chi connectivity index (χ4v) is 3.32. The smallest absolute Gasteiger partial charge is 0.226 e. The number of amides is 1. The molecule has 3 aromatic rings. The van der Waals surface area contributed by atoms with Crippen LogP contribution in [0.3, 0.4) is 0 Å². The molecule has 8 heteroatoms. The number of methoxy groups -OCH3 is 1. The standard InChI is InChI=1S/C20H24BrN5O2/c1-13-18(21)12-25(23-13)9-8-19(27)22-20-14(2)24-26(15(20)3)11-16-6-5-7-17(10-16)28-4/h5-7,10,12H,8-9,11H2,1-4H3,(H,22,27). The third kappa shape index (κ3) is 4.62. The van der Waals surface area contributed by atoms with Crippen molar-refractivity contribution >= 4 is 27.5 Å². The van der Waals surface area contributed by atoms with E-state index in [0.29, 0.717) is 19.5 Å². The molecule has 0 aliphatic heterocycles. The highest BCUT2D eigenvalue weighted by atomic mass is 79.9. The van der Waals surface area contributed by atoms with Gasteiger partial charge in [0.05, 0.1) is 40.9 Å². The number of benzene rings is 1. The highest BCUT2D eigenvalue weighted by Gasteiger charge is 2.15. The summed E-state index contributed by atoms with van der Waals surface area (Å²) >= 11 is 3.43. The molecule has 1 N–H and O–H groups in total. The Morgan fingerprint density at radius 1 is 1.21 bits per heavy atom. The fourth-order valence-electron chi connectivity index (χ4n) is 3.00. The van der Waals surface area contributed by atoms with Crippen LogP contribution in [-0.4, -0.2) is 32.6 Å². The summed E-state index contributed by atoms with van der Waals surface area (Å²) in [6.45, 7) is 6.92. The molecule has 7 nitrogen and oxygen atoms in total. The van der Waals surface area contributed by atoms with E-state index < -0.39 is 0 Å². The summed E-state index contributed by atoms with van der Waals surface area (Å²) in [7, 11) is 1.65. The zero-order valence-electron chi connectivity index (χ0n) is 16.5. The SMILES string of the molecule is COc1cccc(Cn2nc(C)c(NC(=O)CCn3cc(Br)c(C)n3)c2C)c1. The molecule has 0 atom stereocenters. The number of aryl methyl sites for hydroxylation is 3. The van der Waals surface area contributed by atoms with Crippen molar-refractivity contribution in [1.29, 1.82) is 0 Å². The van der Waals surface area contributed by atoms with Crippen molar-refractivity contribution in [3.63, 3.8) is 0 Å². The third-order valence-corrected chi connectivity index (χ3v) is 5.35. The van der Waals surface area contributed by atoms with Crippen LogP contribution in [0.1, 0.15) is 29.1 Å². The van der Waals surface area contributed by atoms with Crippen molar-refractivity contribution in [2.24, 2.45) is 0 Å². The van der Waals surface area contributed by atoms with Gasteiger partial charge in [-0.25, -0.2) is 0 Å². The molecule has 0 radical (unpaired) electrons. The number of nitrogens with zero attached hydrogens (tertiary/aromatic N) is 4. The Labute approximate surface area is 172 Å². The lowest BCUT2D eigenvalue weighted by Crippen LogP contribution is -2.16. The van der Waals surface area contributed by atoms with Gasteiger partial charge in [-0.2, -0.15) is 10.2 Å². The van der Waals surface area contributed by atoms with Crippen LogP contribution in [0.25, 0.3) is 0 Å². The average molecular weight is 446 g/mol. The zero-order chi connectivity index (χ0) is 20.3. The lowest BCUT2D eigenvalue weighted by Gasteiger charge is -2.08. The number of rotatable bonds is 7. The van der Waals surface area contributed by atoms with E-state index in [0.717, 1.165) is 38.6 Å². The van der Waals surface area contributed by atoms with E-state index in [1.54, 1.807) is 11.8 Å². The van der Waals surface area contributed by atoms with Gasteiger partial charge in [0.2, 0.25) is 5.91 Å². The number of nitrogens with one attached hydrogen (secondary N) is 1. The van der Waals surface area contributed by atoms with Crippen LogP contribution in [0.2, 0.25) is 0 Å². The molecule has 148 valence electrons. The van der Waals surface area contributed by atoms with E-state index in [2.05, 4.69) is 31.4 Å². The highest BCUT2D eigenvalue weighted by Crippen LogP contribution is 2.22. The fraction of sp³-hybridized carbons (Fsp3) is 0.350. The van der Waals surface area contributed by atoms with Crippen LogP contribution >= 0.6 is 15.9 Å². The summed E-state index contributed by atoms with van der Waals surface area (Å²) in [5.41, 5.74) is 4.48. The Morgan fingerprint density at radius 3 is 2.68 bits per heavy atom. The zero-order valence-corrected chi connectivity index (χ0v) is 18.1. The summed E-state index contributed by atoms with van der Waals surface area (Å²) in [5.74, 6) is 0.754. The largest absolute Gasteiger partial charge is 0.497 e. The summed E-state index contributed by atoms with van der Waals surface area (Å²) in [6, 6.07) is 7.88. The van der Waals surface area contributed by atoms with Gasteiger partial charge in [0.25, 0.3) is 0 Å². The number of carbonyl (C=O) groups is 1. The Bertz CT molecular complexity index is 973. The molecule has 1 amide bonds. The van der Waals surface area contributed by atoms with Crippen molar-refractivity contribution in [2.75, 3.05) is 12.4 Å².